The van der Waals surface area contributed by atoms with E-state index in [1.54, 1.807) is 0 Å². The highest BCUT2D eigenvalue weighted by atomic mass is 32.2. The molecule has 0 radical (unpaired) electrons. The SMILES string of the molecule is CCSC1CC(C(C)C)CCC1NC. The number of hydrogen-bond donors (Lipinski definition) is 1. The average molecular weight is 215 g/mol. The zero-order valence-corrected chi connectivity index (χ0v) is 10.9. The van der Waals surface area contributed by atoms with Crippen LogP contribution in [0.3, 0.4) is 0 Å². The fourth-order valence-corrected chi connectivity index (χ4v) is 3.81. The zero-order chi connectivity index (χ0) is 10.6. The molecule has 0 saturated heterocycles. The monoisotopic (exact) mass is 215 g/mol. The lowest BCUT2D eigenvalue weighted by Crippen LogP contribution is -2.41. The Morgan fingerprint density at radius 3 is 2.57 bits per heavy atom. The van der Waals surface area contributed by atoms with Crippen LogP contribution in [-0.4, -0.2) is 24.1 Å². The summed E-state index contributed by atoms with van der Waals surface area (Å²) < 4.78 is 0. The summed E-state index contributed by atoms with van der Waals surface area (Å²) in [4.78, 5) is 0. The molecule has 3 unspecified atom stereocenters. The number of nitrogens with one attached hydrogen (secondary N) is 1. The van der Waals surface area contributed by atoms with Crippen molar-refractivity contribution in [1.82, 2.24) is 5.32 Å². The first kappa shape index (κ1) is 12.4. The Morgan fingerprint density at radius 2 is 2.07 bits per heavy atom. The van der Waals surface area contributed by atoms with Gasteiger partial charge < -0.3 is 5.32 Å². The highest BCUT2D eigenvalue weighted by Gasteiger charge is 2.30. The lowest BCUT2D eigenvalue weighted by molar-refractivity contribution is 0.251. The number of hydrogen-bond acceptors (Lipinski definition) is 2. The van der Waals surface area contributed by atoms with Crippen LogP contribution in [0.5, 0.6) is 0 Å². The van der Waals surface area contributed by atoms with Gasteiger partial charge in [0.2, 0.25) is 0 Å². The van der Waals surface area contributed by atoms with Crippen molar-refractivity contribution in [1.29, 1.82) is 0 Å². The summed E-state index contributed by atoms with van der Waals surface area (Å²) in [6, 6.07) is 0.759. The van der Waals surface area contributed by atoms with Crippen LogP contribution >= 0.6 is 11.8 Å². The van der Waals surface area contributed by atoms with Crippen LogP contribution < -0.4 is 5.32 Å². The predicted molar refractivity (Wildman–Crippen MR) is 66.9 cm³/mol. The molecule has 1 fully saturated rings. The van der Waals surface area contributed by atoms with Gasteiger partial charge in [-0.15, -0.1) is 0 Å². The van der Waals surface area contributed by atoms with Gasteiger partial charge in [0.05, 0.1) is 0 Å². The van der Waals surface area contributed by atoms with Crippen LogP contribution in [0.2, 0.25) is 0 Å². The first-order valence-electron chi connectivity index (χ1n) is 5.97. The summed E-state index contributed by atoms with van der Waals surface area (Å²) in [6.45, 7) is 7.02. The van der Waals surface area contributed by atoms with Crippen molar-refractivity contribution in [2.75, 3.05) is 12.8 Å². The first-order valence-corrected chi connectivity index (χ1v) is 7.02. The van der Waals surface area contributed by atoms with Crippen molar-refractivity contribution in [2.45, 2.75) is 51.3 Å². The van der Waals surface area contributed by atoms with Crippen molar-refractivity contribution in [3.05, 3.63) is 0 Å². The maximum atomic E-state index is 3.48. The molecule has 1 N–H and O–H groups in total. The highest BCUT2D eigenvalue weighted by Crippen LogP contribution is 2.35. The van der Waals surface area contributed by atoms with E-state index >= 15 is 0 Å². The fourth-order valence-electron chi connectivity index (χ4n) is 2.49. The predicted octanol–water partition coefficient (Wildman–Crippen LogP) is 3.15. The Balaban J connectivity index is 2.48. The second kappa shape index (κ2) is 6.02. The van der Waals surface area contributed by atoms with E-state index in [1.165, 1.54) is 25.0 Å². The lowest BCUT2D eigenvalue weighted by Gasteiger charge is -2.37. The molecule has 1 aliphatic rings. The molecule has 14 heavy (non-hydrogen) atoms. The van der Waals surface area contributed by atoms with Gasteiger partial charge in [-0.25, -0.2) is 0 Å². The molecule has 0 aromatic rings. The molecule has 0 aliphatic heterocycles. The largest absolute Gasteiger partial charge is 0.316 e. The van der Waals surface area contributed by atoms with Crippen LogP contribution in [0, 0.1) is 11.8 Å². The van der Waals surface area contributed by atoms with Gasteiger partial charge in [0.1, 0.15) is 0 Å². The molecule has 0 aromatic carbocycles. The minimum absolute atomic E-state index is 0.759. The topological polar surface area (TPSA) is 12.0 Å². The Hall–Kier alpha value is 0.310. The minimum Gasteiger partial charge on any atom is -0.316 e. The Bertz CT molecular complexity index is 158. The van der Waals surface area contributed by atoms with Gasteiger partial charge in [0.25, 0.3) is 0 Å². The van der Waals surface area contributed by atoms with E-state index in [1.807, 2.05) is 0 Å². The summed E-state index contributed by atoms with van der Waals surface area (Å²) in [5.41, 5.74) is 0. The molecule has 0 bridgehead atoms. The second-order valence-electron chi connectivity index (χ2n) is 4.71. The van der Waals surface area contributed by atoms with E-state index in [0.717, 1.165) is 23.1 Å². The van der Waals surface area contributed by atoms with Crippen LogP contribution in [-0.2, 0) is 0 Å². The molecular weight excluding hydrogens is 190 g/mol. The first-order chi connectivity index (χ1) is 6.69. The summed E-state index contributed by atoms with van der Waals surface area (Å²) in [5, 5.41) is 4.33. The smallest absolute Gasteiger partial charge is 0.0203 e. The molecular formula is C12H25NS. The third-order valence-corrected chi connectivity index (χ3v) is 4.81. The molecule has 1 nitrogen and oxygen atoms in total. The molecule has 0 aromatic heterocycles. The van der Waals surface area contributed by atoms with Gasteiger partial charge in [-0.05, 0) is 43.9 Å². The van der Waals surface area contributed by atoms with Gasteiger partial charge in [0, 0.05) is 11.3 Å². The van der Waals surface area contributed by atoms with E-state index in [0.29, 0.717) is 0 Å². The van der Waals surface area contributed by atoms with E-state index < -0.39 is 0 Å². The molecule has 1 rings (SSSR count). The molecule has 1 saturated carbocycles. The van der Waals surface area contributed by atoms with Crippen molar-refractivity contribution >= 4 is 11.8 Å². The maximum absolute atomic E-state index is 3.48. The van der Waals surface area contributed by atoms with Crippen molar-refractivity contribution < 1.29 is 0 Å². The summed E-state index contributed by atoms with van der Waals surface area (Å²) in [5.74, 6) is 3.09. The van der Waals surface area contributed by atoms with Gasteiger partial charge in [-0.2, -0.15) is 11.8 Å². The molecule has 1 aliphatic carbocycles. The van der Waals surface area contributed by atoms with E-state index in [-0.39, 0.29) is 0 Å². The van der Waals surface area contributed by atoms with Crippen molar-refractivity contribution in [3.8, 4) is 0 Å². The van der Waals surface area contributed by atoms with Crippen LogP contribution in [0.1, 0.15) is 40.0 Å². The summed E-state index contributed by atoms with van der Waals surface area (Å²) in [7, 11) is 2.11. The maximum Gasteiger partial charge on any atom is 0.0203 e. The normalized spacial score (nSPS) is 33.6. The Kier molecular flexibility index (Phi) is 5.32. The van der Waals surface area contributed by atoms with Crippen LogP contribution in [0.4, 0.5) is 0 Å². The Labute approximate surface area is 93.4 Å². The van der Waals surface area contributed by atoms with Gasteiger partial charge in [-0.3, -0.25) is 0 Å². The third-order valence-electron chi connectivity index (χ3n) is 3.53. The summed E-state index contributed by atoms with van der Waals surface area (Å²) in [6.07, 6.45) is 4.21. The van der Waals surface area contributed by atoms with Crippen molar-refractivity contribution in [3.63, 3.8) is 0 Å². The van der Waals surface area contributed by atoms with Gasteiger partial charge in [0.15, 0.2) is 0 Å². The number of thioether (sulfide) groups is 1. The van der Waals surface area contributed by atoms with E-state index in [2.05, 4.69) is 44.9 Å². The lowest BCUT2D eigenvalue weighted by atomic mass is 9.79. The summed E-state index contributed by atoms with van der Waals surface area (Å²) >= 11 is 2.14. The second-order valence-corrected chi connectivity index (χ2v) is 6.22. The van der Waals surface area contributed by atoms with Crippen molar-refractivity contribution in [2.24, 2.45) is 11.8 Å². The van der Waals surface area contributed by atoms with Gasteiger partial charge >= 0.3 is 0 Å². The standard InChI is InChI=1S/C12H25NS/c1-5-14-12-8-10(9(2)3)6-7-11(12)13-4/h9-13H,5-8H2,1-4H3. The highest BCUT2D eigenvalue weighted by molar-refractivity contribution is 7.99. The molecule has 3 atom stereocenters. The molecule has 0 heterocycles. The third kappa shape index (κ3) is 3.16. The van der Waals surface area contributed by atoms with Gasteiger partial charge in [-0.1, -0.05) is 20.8 Å². The molecule has 84 valence electrons. The number of rotatable bonds is 4. The molecule has 0 spiro atoms. The van der Waals surface area contributed by atoms with Crippen LogP contribution in [0.15, 0.2) is 0 Å². The zero-order valence-electron chi connectivity index (χ0n) is 10.0. The Morgan fingerprint density at radius 1 is 1.36 bits per heavy atom. The average Bonchev–Trinajstić information content (AvgIpc) is 2.18. The molecule has 2 heteroatoms. The van der Waals surface area contributed by atoms with E-state index in [4.69, 9.17) is 0 Å². The fraction of sp³-hybridized carbons (Fsp3) is 1.00. The van der Waals surface area contributed by atoms with E-state index in [9.17, 15) is 0 Å². The molecule has 0 amide bonds. The minimum atomic E-state index is 0.759. The quantitative estimate of drug-likeness (QED) is 0.773. The van der Waals surface area contributed by atoms with Crippen LogP contribution in [0.25, 0.3) is 0 Å².